The lowest BCUT2D eigenvalue weighted by molar-refractivity contribution is 0.578. The summed E-state index contributed by atoms with van der Waals surface area (Å²) in [7, 11) is -3.04. The number of thiocarbonyl (C=S) groups is 1. The molecule has 2 aliphatic rings. The molecule has 1 saturated heterocycles. The van der Waals surface area contributed by atoms with Crippen LogP contribution in [0.5, 0.6) is 0 Å². The van der Waals surface area contributed by atoms with Crippen LogP contribution in [0, 0.1) is 5.92 Å². The lowest BCUT2D eigenvalue weighted by atomic mass is 10.4. The number of aliphatic imine (C=N–C) groups is 1. The van der Waals surface area contributed by atoms with Crippen molar-refractivity contribution in [3.8, 4) is 0 Å². The van der Waals surface area contributed by atoms with E-state index < -0.39 is 14.6 Å². The van der Waals surface area contributed by atoms with Gasteiger partial charge >= 0.3 is 0 Å². The second-order valence-corrected chi connectivity index (χ2v) is 6.12. The first-order chi connectivity index (χ1) is 6.04. The number of nitrogens with zero attached hydrogens (tertiary/aromatic N) is 1. The lowest BCUT2D eigenvalue weighted by Crippen LogP contribution is -2.33. The van der Waals surface area contributed by atoms with Crippen molar-refractivity contribution in [2.45, 2.75) is 10.8 Å². The minimum absolute atomic E-state index is 0.109. The number of fused-ring (bicyclic) bond motifs is 1. The average molecular weight is 218 g/mol. The number of rotatable bonds is 2. The molecule has 0 aromatic carbocycles. The summed E-state index contributed by atoms with van der Waals surface area (Å²) >= 11 is 4.49. The van der Waals surface area contributed by atoms with Gasteiger partial charge in [0.15, 0.2) is 9.84 Å². The van der Waals surface area contributed by atoms with Crippen molar-refractivity contribution in [3.05, 3.63) is 0 Å². The van der Waals surface area contributed by atoms with E-state index in [2.05, 4.69) is 27.7 Å². The molecule has 72 valence electrons. The van der Waals surface area contributed by atoms with Crippen LogP contribution in [0.4, 0.5) is 0 Å². The highest BCUT2D eigenvalue weighted by molar-refractivity contribution is 7.92. The monoisotopic (exact) mass is 218 g/mol. The normalized spacial score (nSPS) is 42.2. The third-order valence-corrected chi connectivity index (χ3v) is 5.22. The molecule has 3 atom stereocenters. The summed E-state index contributed by atoms with van der Waals surface area (Å²) in [5.74, 6) is 0.109. The van der Waals surface area contributed by atoms with Crippen LogP contribution in [0.25, 0.3) is 0 Å². The second kappa shape index (κ2) is 2.60. The van der Waals surface area contributed by atoms with E-state index >= 15 is 0 Å². The number of hydrogen-bond donors (Lipinski definition) is 1. The van der Waals surface area contributed by atoms with Gasteiger partial charge in [0, 0.05) is 25.3 Å². The Bertz CT molecular complexity index is 385. The highest BCUT2D eigenvalue weighted by atomic mass is 32.2. The topological polar surface area (TPSA) is 58.5 Å². The molecule has 2 fully saturated rings. The van der Waals surface area contributed by atoms with Gasteiger partial charge in [-0.2, -0.15) is 0 Å². The molecule has 0 radical (unpaired) electrons. The maximum Gasteiger partial charge on any atom is 0.156 e. The highest BCUT2D eigenvalue weighted by Gasteiger charge is 2.73. The predicted molar refractivity (Wildman–Crippen MR) is 52.7 cm³/mol. The van der Waals surface area contributed by atoms with Gasteiger partial charge in [0.25, 0.3) is 0 Å². The molecule has 1 N–H and O–H groups in total. The van der Waals surface area contributed by atoms with Gasteiger partial charge in [-0.15, -0.1) is 0 Å². The first-order valence-corrected chi connectivity index (χ1v) is 6.31. The largest absolute Gasteiger partial charge is 0.315 e. The zero-order chi connectivity index (χ0) is 9.69. The summed E-state index contributed by atoms with van der Waals surface area (Å²) in [6.07, 6.45) is 1.27. The van der Waals surface area contributed by atoms with Crippen LogP contribution in [0.2, 0.25) is 0 Å². The quantitative estimate of drug-likeness (QED) is 0.500. The molecule has 0 spiro atoms. The van der Waals surface area contributed by atoms with E-state index in [1.807, 2.05) is 0 Å². The van der Waals surface area contributed by atoms with Gasteiger partial charge in [0.1, 0.15) is 4.75 Å². The molecule has 1 saturated carbocycles. The Balaban J connectivity index is 2.38. The SMILES string of the molecule is CS(=O)(=O)C12CNCC1C2N=C=S. The fourth-order valence-electron chi connectivity index (χ4n) is 2.30. The molecule has 2 rings (SSSR count). The molecule has 13 heavy (non-hydrogen) atoms. The van der Waals surface area contributed by atoms with Gasteiger partial charge in [-0.05, 0) is 12.2 Å². The minimum Gasteiger partial charge on any atom is -0.315 e. The third-order valence-electron chi connectivity index (χ3n) is 3.05. The van der Waals surface area contributed by atoms with E-state index in [0.29, 0.717) is 6.54 Å². The van der Waals surface area contributed by atoms with Gasteiger partial charge in [0.2, 0.25) is 0 Å². The molecule has 1 aliphatic carbocycles. The van der Waals surface area contributed by atoms with Crippen LogP contribution < -0.4 is 5.32 Å². The van der Waals surface area contributed by atoms with Crippen LogP contribution >= 0.6 is 12.2 Å². The zero-order valence-corrected chi connectivity index (χ0v) is 8.78. The predicted octanol–water partition coefficient (Wildman–Crippen LogP) is -0.526. The molecule has 6 heteroatoms. The molecular formula is C7H10N2O2S2. The zero-order valence-electron chi connectivity index (χ0n) is 7.15. The number of sulfone groups is 1. The second-order valence-electron chi connectivity index (χ2n) is 3.63. The Labute approximate surface area is 82.3 Å². The first kappa shape index (κ1) is 9.27. The van der Waals surface area contributed by atoms with Gasteiger partial charge in [-0.1, -0.05) is 0 Å². The Hall–Kier alpha value is -0.290. The van der Waals surface area contributed by atoms with Crippen molar-refractivity contribution >= 4 is 27.2 Å². The highest BCUT2D eigenvalue weighted by Crippen LogP contribution is 2.54. The van der Waals surface area contributed by atoms with Crippen LogP contribution in [0.1, 0.15) is 0 Å². The van der Waals surface area contributed by atoms with Crippen LogP contribution in [0.15, 0.2) is 4.99 Å². The van der Waals surface area contributed by atoms with Crippen molar-refractivity contribution in [2.75, 3.05) is 19.3 Å². The summed E-state index contributed by atoms with van der Waals surface area (Å²) in [5, 5.41) is 5.33. The smallest absolute Gasteiger partial charge is 0.156 e. The third kappa shape index (κ3) is 1.03. The molecule has 1 aliphatic heterocycles. The Morgan fingerprint density at radius 1 is 1.69 bits per heavy atom. The first-order valence-electron chi connectivity index (χ1n) is 4.01. The fraction of sp³-hybridized carbons (Fsp3) is 0.857. The summed E-state index contributed by atoms with van der Waals surface area (Å²) in [6.45, 7) is 1.22. The number of nitrogens with one attached hydrogen (secondary N) is 1. The number of hydrogen-bond acceptors (Lipinski definition) is 5. The van der Waals surface area contributed by atoms with Crippen molar-refractivity contribution < 1.29 is 8.42 Å². The summed E-state index contributed by atoms with van der Waals surface area (Å²) < 4.78 is 22.4. The van der Waals surface area contributed by atoms with Gasteiger partial charge in [-0.25, -0.2) is 13.4 Å². The maximum absolute atomic E-state index is 11.5. The van der Waals surface area contributed by atoms with Crippen LogP contribution in [-0.4, -0.2) is 43.7 Å². The van der Waals surface area contributed by atoms with Crippen molar-refractivity contribution in [2.24, 2.45) is 10.9 Å². The van der Waals surface area contributed by atoms with E-state index in [1.54, 1.807) is 0 Å². The number of isothiocyanates is 1. The molecular weight excluding hydrogens is 208 g/mol. The van der Waals surface area contributed by atoms with Gasteiger partial charge in [-0.3, -0.25) is 0 Å². The lowest BCUT2D eigenvalue weighted by Gasteiger charge is -2.09. The Morgan fingerprint density at radius 2 is 2.38 bits per heavy atom. The summed E-state index contributed by atoms with van der Waals surface area (Å²) in [6, 6.07) is -0.152. The van der Waals surface area contributed by atoms with E-state index in [-0.39, 0.29) is 12.0 Å². The fourth-order valence-corrected chi connectivity index (χ4v) is 4.12. The molecule has 1 heterocycles. The van der Waals surface area contributed by atoms with Crippen molar-refractivity contribution in [1.29, 1.82) is 0 Å². The molecule has 4 nitrogen and oxygen atoms in total. The van der Waals surface area contributed by atoms with Crippen molar-refractivity contribution in [3.63, 3.8) is 0 Å². The summed E-state index contributed by atoms with van der Waals surface area (Å²) in [5.41, 5.74) is 0. The van der Waals surface area contributed by atoms with E-state index in [4.69, 9.17) is 0 Å². The van der Waals surface area contributed by atoms with E-state index in [1.165, 1.54) is 6.26 Å². The summed E-state index contributed by atoms with van der Waals surface area (Å²) in [4.78, 5) is 3.90. The molecule has 0 bridgehead atoms. The average Bonchev–Trinajstić information content (AvgIpc) is 2.48. The standard InChI is InChI=1S/C7H10N2O2S2/c1-13(10,11)7-3-8-2-5(7)6(7)9-4-12/h5-6,8H,2-3H2,1H3. The molecule has 0 aromatic heterocycles. The van der Waals surface area contributed by atoms with E-state index in [9.17, 15) is 8.42 Å². The molecule has 0 amide bonds. The minimum atomic E-state index is -3.04. The molecule has 0 aromatic rings. The maximum atomic E-state index is 11.5. The Kier molecular flexibility index (Phi) is 1.86. The Morgan fingerprint density at radius 3 is 2.85 bits per heavy atom. The van der Waals surface area contributed by atoms with Crippen LogP contribution in [-0.2, 0) is 9.84 Å². The van der Waals surface area contributed by atoms with E-state index in [0.717, 1.165) is 6.54 Å². The van der Waals surface area contributed by atoms with Gasteiger partial charge in [0.05, 0.1) is 11.2 Å². The van der Waals surface area contributed by atoms with Crippen molar-refractivity contribution in [1.82, 2.24) is 5.32 Å². The number of piperidine rings is 1. The molecule has 3 unspecified atom stereocenters. The van der Waals surface area contributed by atoms with Gasteiger partial charge < -0.3 is 5.32 Å². The van der Waals surface area contributed by atoms with Crippen LogP contribution in [0.3, 0.4) is 0 Å².